The maximum Gasteiger partial charge on any atom is 0.305 e. The molecule has 0 aliphatic carbocycles. The molecule has 1 aromatic heterocycles. The van der Waals surface area contributed by atoms with E-state index < -0.39 is 5.97 Å². The first kappa shape index (κ1) is 16.0. The van der Waals surface area contributed by atoms with Gasteiger partial charge in [0.15, 0.2) is 0 Å². The van der Waals surface area contributed by atoms with E-state index >= 15 is 0 Å². The van der Waals surface area contributed by atoms with Crippen LogP contribution in [0.15, 0.2) is 36.0 Å². The Kier molecular flexibility index (Phi) is 4.91. The van der Waals surface area contributed by atoms with E-state index in [9.17, 15) is 4.79 Å². The van der Waals surface area contributed by atoms with E-state index in [1.165, 1.54) is 10.8 Å². The molecule has 0 saturated carbocycles. The van der Waals surface area contributed by atoms with Crippen LogP contribution in [0.2, 0.25) is 0 Å². The Labute approximate surface area is 133 Å². The number of carbonyl (C=O) groups is 1. The van der Waals surface area contributed by atoms with E-state index in [1.54, 1.807) is 6.20 Å². The van der Waals surface area contributed by atoms with Crippen LogP contribution in [0, 0.1) is 29.6 Å². The van der Waals surface area contributed by atoms with Crippen molar-refractivity contribution < 1.29 is 9.90 Å². The molecule has 0 saturated heterocycles. The fraction of sp³-hybridized carbons (Fsp3) is 0.176. The molecule has 6 heteroatoms. The number of aliphatic carboxylic acids is 1. The molecule has 1 aromatic carbocycles. The molecule has 0 unspecified atom stereocenters. The molecule has 6 nitrogen and oxygen atoms in total. The maximum atomic E-state index is 10.7. The highest BCUT2D eigenvalue weighted by molar-refractivity contribution is 5.75. The molecular formula is C17H14N4O2. The average Bonchev–Trinajstić information content (AvgIpc) is 2.94. The number of rotatable bonds is 5. The molecule has 23 heavy (non-hydrogen) atoms. The predicted molar refractivity (Wildman–Crippen MR) is 83.9 cm³/mol. The SMILES string of the molecule is Cc1ccc(-c2nn(CCC(=O)O)cc2C=C(C#N)C#N)cc1. The first-order valence-corrected chi connectivity index (χ1v) is 6.91. The minimum Gasteiger partial charge on any atom is -0.481 e. The zero-order valence-corrected chi connectivity index (χ0v) is 12.5. The van der Waals surface area contributed by atoms with Crippen molar-refractivity contribution >= 4 is 12.0 Å². The van der Waals surface area contributed by atoms with E-state index in [-0.39, 0.29) is 18.5 Å². The Bertz CT molecular complexity index is 817. The third-order valence-corrected chi connectivity index (χ3v) is 3.21. The molecule has 0 aliphatic heterocycles. The fourth-order valence-corrected chi connectivity index (χ4v) is 2.05. The largest absolute Gasteiger partial charge is 0.481 e. The molecular weight excluding hydrogens is 292 g/mol. The van der Waals surface area contributed by atoms with Gasteiger partial charge in [-0.15, -0.1) is 0 Å². The number of carboxylic acids is 1. The molecule has 0 fully saturated rings. The number of hydrogen-bond acceptors (Lipinski definition) is 4. The van der Waals surface area contributed by atoms with Gasteiger partial charge in [0.05, 0.1) is 18.7 Å². The summed E-state index contributed by atoms with van der Waals surface area (Å²) in [6.45, 7) is 2.19. The third-order valence-electron chi connectivity index (χ3n) is 3.21. The topological polar surface area (TPSA) is 103 Å². The van der Waals surface area contributed by atoms with Crippen LogP contribution in [-0.4, -0.2) is 20.9 Å². The number of aryl methyl sites for hydroxylation is 2. The summed E-state index contributed by atoms with van der Waals surface area (Å²) >= 11 is 0. The molecule has 1 N–H and O–H groups in total. The van der Waals surface area contributed by atoms with Crippen LogP contribution in [-0.2, 0) is 11.3 Å². The van der Waals surface area contributed by atoms with Crippen LogP contribution in [0.25, 0.3) is 17.3 Å². The number of hydrogen-bond donors (Lipinski definition) is 1. The van der Waals surface area contributed by atoms with Gasteiger partial charge in [-0.25, -0.2) is 0 Å². The van der Waals surface area contributed by atoms with Crippen LogP contribution in [0.4, 0.5) is 0 Å². The number of nitriles is 2. The standard InChI is InChI=1S/C17H14N4O2/c1-12-2-4-14(5-3-12)17-15(8-13(9-18)10-19)11-21(20-17)7-6-16(22)23/h2-5,8,11H,6-7H2,1H3,(H,22,23). The highest BCUT2D eigenvalue weighted by atomic mass is 16.4. The summed E-state index contributed by atoms with van der Waals surface area (Å²) < 4.78 is 1.52. The van der Waals surface area contributed by atoms with Gasteiger partial charge in [0.2, 0.25) is 0 Å². The van der Waals surface area contributed by atoms with E-state index in [0.717, 1.165) is 11.1 Å². The molecule has 0 bridgehead atoms. The molecule has 2 rings (SSSR count). The van der Waals surface area contributed by atoms with Crippen LogP contribution in [0.1, 0.15) is 17.5 Å². The van der Waals surface area contributed by atoms with Crippen molar-refractivity contribution in [3.8, 4) is 23.4 Å². The second kappa shape index (κ2) is 7.06. The normalized spacial score (nSPS) is 9.70. The monoisotopic (exact) mass is 306 g/mol. The Morgan fingerprint density at radius 1 is 1.30 bits per heavy atom. The molecule has 0 aliphatic rings. The van der Waals surface area contributed by atoms with Crippen molar-refractivity contribution in [3.05, 3.63) is 47.2 Å². The van der Waals surface area contributed by atoms with Gasteiger partial charge in [-0.2, -0.15) is 15.6 Å². The predicted octanol–water partition coefficient (Wildman–Crippen LogP) is 2.76. The number of nitrogens with zero attached hydrogens (tertiary/aromatic N) is 4. The van der Waals surface area contributed by atoms with Gasteiger partial charge >= 0.3 is 5.97 Å². The zero-order chi connectivity index (χ0) is 16.8. The van der Waals surface area contributed by atoms with Gasteiger partial charge in [-0.3, -0.25) is 9.48 Å². The van der Waals surface area contributed by atoms with E-state index in [2.05, 4.69) is 5.10 Å². The Hall–Kier alpha value is -3.38. The van der Waals surface area contributed by atoms with Crippen molar-refractivity contribution in [2.24, 2.45) is 0 Å². The second-order valence-electron chi connectivity index (χ2n) is 4.99. The number of benzene rings is 1. The summed E-state index contributed by atoms with van der Waals surface area (Å²) in [6.07, 6.45) is 3.05. The summed E-state index contributed by atoms with van der Waals surface area (Å²) in [5.41, 5.74) is 3.13. The number of carboxylic acid groups (broad SMARTS) is 1. The van der Waals surface area contributed by atoms with Crippen molar-refractivity contribution in [2.75, 3.05) is 0 Å². The van der Waals surface area contributed by atoms with Crippen LogP contribution in [0.5, 0.6) is 0 Å². The Morgan fingerprint density at radius 3 is 2.52 bits per heavy atom. The van der Waals surface area contributed by atoms with Gasteiger partial charge in [0.1, 0.15) is 17.7 Å². The van der Waals surface area contributed by atoms with Crippen molar-refractivity contribution in [2.45, 2.75) is 19.9 Å². The first-order chi connectivity index (χ1) is 11.0. The second-order valence-corrected chi connectivity index (χ2v) is 4.99. The molecule has 2 aromatic rings. The van der Waals surface area contributed by atoms with E-state index in [4.69, 9.17) is 15.6 Å². The minimum absolute atomic E-state index is 0.0313. The van der Waals surface area contributed by atoms with Gasteiger partial charge in [-0.1, -0.05) is 29.8 Å². The van der Waals surface area contributed by atoms with Crippen molar-refractivity contribution in [1.82, 2.24) is 9.78 Å². The minimum atomic E-state index is -0.913. The zero-order valence-electron chi connectivity index (χ0n) is 12.5. The van der Waals surface area contributed by atoms with Crippen LogP contribution < -0.4 is 0 Å². The van der Waals surface area contributed by atoms with Crippen LogP contribution >= 0.6 is 0 Å². The summed E-state index contributed by atoms with van der Waals surface area (Å²) in [4.78, 5) is 10.7. The van der Waals surface area contributed by atoms with Crippen molar-refractivity contribution in [3.63, 3.8) is 0 Å². The third kappa shape index (κ3) is 4.05. The molecule has 0 spiro atoms. The lowest BCUT2D eigenvalue weighted by molar-refractivity contribution is -0.137. The quantitative estimate of drug-likeness (QED) is 0.855. The lowest BCUT2D eigenvalue weighted by Crippen LogP contribution is -2.04. The molecule has 1 heterocycles. The lowest BCUT2D eigenvalue weighted by atomic mass is 10.1. The van der Waals surface area contributed by atoms with Gasteiger partial charge < -0.3 is 5.11 Å². The summed E-state index contributed by atoms with van der Waals surface area (Å²) in [6, 6.07) is 11.3. The fourth-order valence-electron chi connectivity index (χ4n) is 2.05. The molecule has 0 amide bonds. The molecule has 0 atom stereocenters. The highest BCUT2D eigenvalue weighted by Crippen LogP contribution is 2.24. The number of aromatic nitrogens is 2. The van der Waals surface area contributed by atoms with E-state index in [0.29, 0.717) is 11.3 Å². The summed E-state index contributed by atoms with van der Waals surface area (Å²) in [7, 11) is 0. The Morgan fingerprint density at radius 2 is 1.96 bits per heavy atom. The molecule has 114 valence electrons. The summed E-state index contributed by atoms with van der Waals surface area (Å²) in [5, 5.41) is 31.0. The highest BCUT2D eigenvalue weighted by Gasteiger charge is 2.11. The maximum absolute atomic E-state index is 10.7. The smallest absolute Gasteiger partial charge is 0.305 e. The lowest BCUT2D eigenvalue weighted by Gasteiger charge is -2.00. The molecule has 0 radical (unpaired) electrons. The Balaban J connectivity index is 2.47. The first-order valence-electron chi connectivity index (χ1n) is 6.91. The summed E-state index contributed by atoms with van der Waals surface area (Å²) in [5.74, 6) is -0.913. The van der Waals surface area contributed by atoms with Crippen LogP contribution in [0.3, 0.4) is 0 Å². The van der Waals surface area contributed by atoms with Gasteiger partial charge in [-0.05, 0) is 13.0 Å². The van der Waals surface area contributed by atoms with E-state index in [1.807, 2.05) is 43.3 Å². The van der Waals surface area contributed by atoms with Crippen molar-refractivity contribution in [1.29, 1.82) is 10.5 Å². The number of allylic oxidation sites excluding steroid dienone is 1. The van der Waals surface area contributed by atoms with Gasteiger partial charge in [0, 0.05) is 17.3 Å². The average molecular weight is 306 g/mol. The van der Waals surface area contributed by atoms with Gasteiger partial charge in [0.25, 0.3) is 0 Å².